The number of amides is 2. The molecule has 134 valence electrons. The number of nitrogens with one attached hydrogen (secondary N) is 1. The Hall–Kier alpha value is -1.59. The van der Waals surface area contributed by atoms with E-state index >= 15 is 0 Å². The SMILES string of the molecule is COCCC1(N(C)C)CCN(C(=O)Nc2ccc(C)c(C)c2)CC1. The number of carbonyl (C=O) groups is 1. The number of benzene rings is 1. The summed E-state index contributed by atoms with van der Waals surface area (Å²) in [4.78, 5) is 16.8. The molecule has 1 saturated heterocycles. The lowest BCUT2D eigenvalue weighted by Crippen LogP contribution is -2.54. The maximum atomic E-state index is 12.5. The molecule has 1 aromatic rings. The van der Waals surface area contributed by atoms with Crippen LogP contribution in [0.25, 0.3) is 0 Å². The van der Waals surface area contributed by atoms with Crippen molar-refractivity contribution >= 4 is 11.7 Å². The molecule has 0 aromatic heterocycles. The number of methoxy groups -OCH3 is 1. The van der Waals surface area contributed by atoms with Crippen molar-refractivity contribution in [2.45, 2.75) is 38.6 Å². The second kappa shape index (κ2) is 7.99. The third-order valence-electron chi connectivity index (χ3n) is 5.46. The molecule has 0 atom stereocenters. The normalized spacial score (nSPS) is 17.2. The van der Waals surface area contributed by atoms with Gasteiger partial charge in [0.05, 0.1) is 0 Å². The minimum Gasteiger partial charge on any atom is -0.385 e. The van der Waals surface area contributed by atoms with Gasteiger partial charge in [-0.05, 0) is 70.5 Å². The number of carbonyl (C=O) groups excluding carboxylic acids is 1. The number of anilines is 1. The summed E-state index contributed by atoms with van der Waals surface area (Å²) in [6.07, 6.45) is 2.95. The lowest BCUT2D eigenvalue weighted by molar-refractivity contribution is 0.0389. The summed E-state index contributed by atoms with van der Waals surface area (Å²) in [5.41, 5.74) is 3.43. The first-order valence-corrected chi connectivity index (χ1v) is 8.67. The lowest BCUT2D eigenvalue weighted by Gasteiger charge is -2.46. The molecule has 0 saturated carbocycles. The van der Waals surface area contributed by atoms with E-state index in [0.717, 1.165) is 44.6 Å². The van der Waals surface area contributed by atoms with Gasteiger partial charge in [-0.3, -0.25) is 0 Å². The van der Waals surface area contributed by atoms with Crippen molar-refractivity contribution in [3.05, 3.63) is 29.3 Å². The minimum atomic E-state index is -0.00245. The molecule has 5 heteroatoms. The molecule has 24 heavy (non-hydrogen) atoms. The highest BCUT2D eigenvalue weighted by Gasteiger charge is 2.37. The average Bonchev–Trinajstić information content (AvgIpc) is 2.56. The first kappa shape index (κ1) is 18.7. The zero-order valence-electron chi connectivity index (χ0n) is 15.7. The summed E-state index contributed by atoms with van der Waals surface area (Å²) in [6, 6.07) is 6.03. The smallest absolute Gasteiger partial charge is 0.321 e. The molecular formula is C19H31N3O2. The van der Waals surface area contributed by atoms with E-state index in [1.165, 1.54) is 11.1 Å². The number of hydrogen-bond donors (Lipinski definition) is 1. The summed E-state index contributed by atoms with van der Waals surface area (Å²) in [7, 11) is 6.00. The topological polar surface area (TPSA) is 44.8 Å². The van der Waals surface area contributed by atoms with Gasteiger partial charge in [-0.25, -0.2) is 4.79 Å². The largest absolute Gasteiger partial charge is 0.385 e. The minimum absolute atomic E-state index is 0.00245. The number of piperidine rings is 1. The number of aryl methyl sites for hydroxylation is 2. The maximum absolute atomic E-state index is 12.5. The van der Waals surface area contributed by atoms with Gasteiger partial charge in [0.15, 0.2) is 0 Å². The average molecular weight is 333 g/mol. The summed E-state index contributed by atoms with van der Waals surface area (Å²) < 4.78 is 5.27. The van der Waals surface area contributed by atoms with Crippen LogP contribution in [0.1, 0.15) is 30.4 Å². The molecule has 1 aliphatic heterocycles. The zero-order valence-corrected chi connectivity index (χ0v) is 15.7. The van der Waals surface area contributed by atoms with Crippen LogP contribution in [0.5, 0.6) is 0 Å². The van der Waals surface area contributed by atoms with Crippen LogP contribution in [0.15, 0.2) is 18.2 Å². The van der Waals surface area contributed by atoms with Gasteiger partial charge in [-0.1, -0.05) is 6.07 Å². The number of ether oxygens (including phenoxy) is 1. The monoisotopic (exact) mass is 333 g/mol. The summed E-state index contributed by atoms with van der Waals surface area (Å²) in [5.74, 6) is 0. The predicted octanol–water partition coefficient (Wildman–Crippen LogP) is 3.27. The van der Waals surface area contributed by atoms with Crippen molar-refractivity contribution in [1.29, 1.82) is 0 Å². The van der Waals surface area contributed by atoms with Crippen molar-refractivity contribution in [3.63, 3.8) is 0 Å². The molecule has 2 rings (SSSR count). The Kier molecular flexibility index (Phi) is 6.24. The van der Waals surface area contributed by atoms with E-state index in [1.807, 2.05) is 23.1 Å². The second-order valence-electron chi connectivity index (χ2n) is 7.08. The fraction of sp³-hybridized carbons (Fsp3) is 0.632. The highest BCUT2D eigenvalue weighted by Crippen LogP contribution is 2.31. The molecule has 0 aliphatic carbocycles. The lowest BCUT2D eigenvalue weighted by atomic mass is 9.83. The Morgan fingerprint density at radius 1 is 1.25 bits per heavy atom. The van der Waals surface area contributed by atoms with Gasteiger partial charge >= 0.3 is 6.03 Å². The van der Waals surface area contributed by atoms with E-state index in [9.17, 15) is 4.79 Å². The molecule has 1 aliphatic rings. The molecule has 0 radical (unpaired) electrons. The van der Waals surface area contributed by atoms with E-state index in [0.29, 0.717) is 0 Å². The summed E-state index contributed by atoms with van der Waals surface area (Å²) >= 11 is 0. The van der Waals surface area contributed by atoms with Crippen LogP contribution in [0.3, 0.4) is 0 Å². The van der Waals surface area contributed by atoms with E-state index in [2.05, 4.69) is 38.2 Å². The van der Waals surface area contributed by atoms with Crippen LogP contribution < -0.4 is 5.32 Å². The summed E-state index contributed by atoms with van der Waals surface area (Å²) in [6.45, 7) is 6.45. The molecule has 1 aromatic carbocycles. The molecule has 0 unspecified atom stereocenters. The van der Waals surface area contributed by atoms with Crippen LogP contribution in [-0.2, 0) is 4.74 Å². The van der Waals surface area contributed by atoms with Crippen LogP contribution in [0.2, 0.25) is 0 Å². The van der Waals surface area contributed by atoms with Crippen LogP contribution in [0, 0.1) is 13.8 Å². The van der Waals surface area contributed by atoms with Crippen molar-refractivity contribution in [1.82, 2.24) is 9.80 Å². The van der Waals surface area contributed by atoms with Gasteiger partial charge in [0.2, 0.25) is 0 Å². The molecular weight excluding hydrogens is 302 g/mol. The van der Waals surface area contributed by atoms with Crippen molar-refractivity contribution in [3.8, 4) is 0 Å². The Morgan fingerprint density at radius 3 is 2.46 bits per heavy atom. The Bertz CT molecular complexity index is 564. The molecule has 1 fully saturated rings. The third-order valence-corrected chi connectivity index (χ3v) is 5.46. The van der Waals surface area contributed by atoms with Crippen molar-refractivity contribution in [2.24, 2.45) is 0 Å². The Balaban J connectivity index is 1.95. The van der Waals surface area contributed by atoms with E-state index < -0.39 is 0 Å². The number of urea groups is 1. The van der Waals surface area contributed by atoms with Gasteiger partial charge in [0.1, 0.15) is 0 Å². The van der Waals surface area contributed by atoms with E-state index in [4.69, 9.17) is 4.74 Å². The molecule has 2 amide bonds. The molecule has 0 spiro atoms. The van der Waals surface area contributed by atoms with Gasteiger partial charge in [-0.15, -0.1) is 0 Å². The molecule has 0 bridgehead atoms. The maximum Gasteiger partial charge on any atom is 0.321 e. The number of hydrogen-bond acceptors (Lipinski definition) is 3. The standard InChI is InChI=1S/C19H31N3O2/c1-15-6-7-17(14-16(15)2)20-18(23)22-11-8-19(9-12-22,21(3)4)10-13-24-5/h6-7,14H,8-13H2,1-5H3,(H,20,23). The highest BCUT2D eigenvalue weighted by molar-refractivity contribution is 5.89. The second-order valence-corrected chi connectivity index (χ2v) is 7.08. The first-order valence-electron chi connectivity index (χ1n) is 8.67. The first-order chi connectivity index (χ1) is 11.4. The quantitative estimate of drug-likeness (QED) is 0.899. The van der Waals surface area contributed by atoms with Crippen molar-refractivity contribution < 1.29 is 9.53 Å². The van der Waals surface area contributed by atoms with Crippen LogP contribution in [-0.4, -0.2) is 62.3 Å². The van der Waals surface area contributed by atoms with Gasteiger partial charge < -0.3 is 19.9 Å². The number of likely N-dealkylation sites (tertiary alicyclic amines) is 1. The molecule has 1 heterocycles. The highest BCUT2D eigenvalue weighted by atomic mass is 16.5. The van der Waals surface area contributed by atoms with Crippen LogP contribution >= 0.6 is 0 Å². The predicted molar refractivity (Wildman–Crippen MR) is 98.7 cm³/mol. The van der Waals surface area contributed by atoms with Crippen molar-refractivity contribution in [2.75, 3.05) is 46.2 Å². The number of rotatable bonds is 5. The summed E-state index contributed by atoms with van der Waals surface area (Å²) in [5, 5.41) is 3.03. The van der Waals surface area contributed by atoms with Gasteiger partial charge in [0, 0.05) is 38.0 Å². The number of nitrogens with zero attached hydrogens (tertiary/aromatic N) is 2. The van der Waals surface area contributed by atoms with E-state index in [-0.39, 0.29) is 11.6 Å². The zero-order chi connectivity index (χ0) is 17.7. The Labute approximate surface area is 146 Å². The fourth-order valence-corrected chi connectivity index (χ4v) is 3.36. The van der Waals surface area contributed by atoms with Gasteiger partial charge in [-0.2, -0.15) is 0 Å². The molecule has 1 N–H and O–H groups in total. The molecule has 5 nitrogen and oxygen atoms in total. The van der Waals surface area contributed by atoms with E-state index in [1.54, 1.807) is 7.11 Å². The van der Waals surface area contributed by atoms with Crippen LogP contribution in [0.4, 0.5) is 10.5 Å². The third kappa shape index (κ3) is 4.28. The Morgan fingerprint density at radius 2 is 1.92 bits per heavy atom. The fourth-order valence-electron chi connectivity index (χ4n) is 3.36. The van der Waals surface area contributed by atoms with Gasteiger partial charge in [0.25, 0.3) is 0 Å².